The molecule has 5 nitrogen and oxygen atoms in total. The van der Waals surface area contributed by atoms with Gasteiger partial charge in [-0.2, -0.15) is 0 Å². The average molecular weight is 343 g/mol. The Morgan fingerprint density at radius 3 is 2.55 bits per heavy atom. The largest absolute Gasteiger partial charge is 0.478 e. The van der Waals surface area contributed by atoms with Crippen LogP contribution in [-0.4, -0.2) is 23.7 Å². The van der Waals surface area contributed by atoms with Crippen molar-refractivity contribution in [1.29, 1.82) is 0 Å². The van der Waals surface area contributed by atoms with E-state index in [-0.39, 0.29) is 16.7 Å². The number of halogens is 1. The van der Waals surface area contributed by atoms with Gasteiger partial charge in [0.25, 0.3) is 0 Å². The van der Waals surface area contributed by atoms with E-state index in [2.05, 4.69) is 33.5 Å². The van der Waals surface area contributed by atoms with Gasteiger partial charge < -0.3 is 15.7 Å². The summed E-state index contributed by atoms with van der Waals surface area (Å²) in [7, 11) is 0. The molecule has 110 valence electrons. The van der Waals surface area contributed by atoms with E-state index in [1.165, 1.54) is 6.07 Å². The summed E-state index contributed by atoms with van der Waals surface area (Å²) in [5.41, 5.74) is 0.303. The number of hydrogen-bond donors (Lipinski definition) is 3. The third-order valence-electron chi connectivity index (χ3n) is 3.17. The quantitative estimate of drug-likeness (QED) is 0.763. The number of aromatic carboxylic acids is 1. The molecule has 0 spiro atoms. The Kier molecular flexibility index (Phi) is 5.56. The van der Waals surface area contributed by atoms with Crippen molar-refractivity contribution in [3.8, 4) is 0 Å². The van der Waals surface area contributed by atoms with Crippen LogP contribution in [0.1, 0.15) is 37.6 Å². The molecule has 0 aliphatic carbocycles. The van der Waals surface area contributed by atoms with Crippen LogP contribution in [0.15, 0.2) is 22.7 Å². The zero-order chi connectivity index (χ0) is 15.3. The number of anilines is 1. The second kappa shape index (κ2) is 6.74. The highest BCUT2D eigenvalue weighted by Gasteiger charge is 2.18. The summed E-state index contributed by atoms with van der Waals surface area (Å²) >= 11 is 3.24. The molecular formula is C14H19BrN2O3. The van der Waals surface area contributed by atoms with Crippen molar-refractivity contribution in [2.75, 3.05) is 11.9 Å². The molecule has 0 unspecified atom stereocenters. The van der Waals surface area contributed by atoms with Crippen LogP contribution in [0.2, 0.25) is 0 Å². The Hall–Kier alpha value is -1.56. The van der Waals surface area contributed by atoms with Gasteiger partial charge in [0.1, 0.15) is 0 Å². The number of carboxylic acid groups (broad SMARTS) is 1. The summed E-state index contributed by atoms with van der Waals surface area (Å²) in [4.78, 5) is 23.0. The van der Waals surface area contributed by atoms with E-state index in [1.54, 1.807) is 12.1 Å². The van der Waals surface area contributed by atoms with Gasteiger partial charge in [-0.15, -0.1) is 0 Å². The highest BCUT2D eigenvalue weighted by molar-refractivity contribution is 9.10. The monoisotopic (exact) mass is 342 g/mol. The van der Waals surface area contributed by atoms with Crippen molar-refractivity contribution in [1.82, 2.24) is 5.32 Å². The standard InChI is InChI=1S/C14H19BrN2O3/c1-4-14(2,3)8-16-13(20)17-11-9(12(18)19)6-5-7-10(11)15/h5-7H,4,8H2,1-3H3,(H,18,19)(H2,16,17,20). The first-order valence-electron chi connectivity index (χ1n) is 6.33. The Morgan fingerprint density at radius 2 is 2.00 bits per heavy atom. The SMILES string of the molecule is CCC(C)(C)CNC(=O)Nc1c(Br)cccc1C(=O)O. The van der Waals surface area contributed by atoms with Gasteiger partial charge in [0, 0.05) is 11.0 Å². The van der Waals surface area contributed by atoms with Gasteiger partial charge in [0.2, 0.25) is 0 Å². The third kappa shape index (κ3) is 4.52. The molecule has 1 aromatic rings. The number of benzene rings is 1. The van der Waals surface area contributed by atoms with E-state index in [0.29, 0.717) is 11.0 Å². The molecule has 1 rings (SSSR count). The molecule has 0 aliphatic rings. The highest BCUT2D eigenvalue weighted by Crippen LogP contribution is 2.26. The molecule has 2 amide bonds. The van der Waals surface area contributed by atoms with E-state index in [4.69, 9.17) is 5.11 Å². The lowest BCUT2D eigenvalue weighted by atomic mass is 9.90. The maximum Gasteiger partial charge on any atom is 0.337 e. The summed E-state index contributed by atoms with van der Waals surface area (Å²) in [5.74, 6) is -1.09. The Morgan fingerprint density at radius 1 is 1.35 bits per heavy atom. The number of amides is 2. The van der Waals surface area contributed by atoms with Crippen LogP contribution in [0, 0.1) is 5.41 Å². The maximum absolute atomic E-state index is 11.9. The first-order chi connectivity index (χ1) is 9.26. The molecular weight excluding hydrogens is 324 g/mol. The van der Waals surface area contributed by atoms with Gasteiger partial charge >= 0.3 is 12.0 Å². The molecule has 6 heteroatoms. The molecule has 0 radical (unpaired) electrons. The maximum atomic E-state index is 11.9. The number of urea groups is 1. The molecule has 0 saturated carbocycles. The van der Waals surface area contributed by atoms with E-state index in [9.17, 15) is 9.59 Å². The molecule has 0 atom stereocenters. The minimum Gasteiger partial charge on any atom is -0.478 e. The molecule has 1 aromatic carbocycles. The van der Waals surface area contributed by atoms with E-state index in [1.807, 2.05) is 13.8 Å². The fourth-order valence-electron chi connectivity index (χ4n) is 1.43. The zero-order valence-corrected chi connectivity index (χ0v) is 13.4. The third-order valence-corrected chi connectivity index (χ3v) is 3.83. The van der Waals surface area contributed by atoms with Gasteiger partial charge in [-0.05, 0) is 39.9 Å². The smallest absolute Gasteiger partial charge is 0.337 e. The number of carboxylic acids is 1. The molecule has 3 N–H and O–H groups in total. The lowest BCUT2D eigenvalue weighted by Crippen LogP contribution is -2.36. The second-order valence-electron chi connectivity index (χ2n) is 5.29. The molecule has 0 aliphatic heterocycles. The normalized spacial score (nSPS) is 11.0. The minimum atomic E-state index is -1.09. The zero-order valence-electron chi connectivity index (χ0n) is 11.8. The summed E-state index contributed by atoms with van der Waals surface area (Å²) in [6, 6.07) is 4.31. The number of hydrogen-bond acceptors (Lipinski definition) is 2. The molecule has 20 heavy (non-hydrogen) atoms. The van der Waals surface area contributed by atoms with Gasteiger partial charge in [-0.1, -0.05) is 26.8 Å². The van der Waals surface area contributed by atoms with Crippen molar-refractivity contribution in [3.05, 3.63) is 28.2 Å². The van der Waals surface area contributed by atoms with Crippen molar-refractivity contribution >= 4 is 33.6 Å². The topological polar surface area (TPSA) is 78.4 Å². The van der Waals surface area contributed by atoms with Crippen molar-refractivity contribution in [2.45, 2.75) is 27.2 Å². The Labute approximate surface area is 126 Å². The Bertz CT molecular complexity index is 515. The van der Waals surface area contributed by atoms with E-state index >= 15 is 0 Å². The average Bonchev–Trinajstić information content (AvgIpc) is 2.38. The molecule has 0 saturated heterocycles. The molecule has 0 bridgehead atoms. The summed E-state index contributed by atoms with van der Waals surface area (Å²) in [5, 5.41) is 14.4. The number of nitrogens with one attached hydrogen (secondary N) is 2. The van der Waals surface area contributed by atoms with Crippen LogP contribution in [-0.2, 0) is 0 Å². The van der Waals surface area contributed by atoms with Crippen LogP contribution < -0.4 is 10.6 Å². The van der Waals surface area contributed by atoms with Crippen LogP contribution >= 0.6 is 15.9 Å². The fraction of sp³-hybridized carbons (Fsp3) is 0.429. The van der Waals surface area contributed by atoms with Crippen molar-refractivity contribution in [3.63, 3.8) is 0 Å². The number of carbonyl (C=O) groups excluding carboxylic acids is 1. The number of para-hydroxylation sites is 1. The van der Waals surface area contributed by atoms with Crippen molar-refractivity contribution in [2.24, 2.45) is 5.41 Å². The van der Waals surface area contributed by atoms with Gasteiger partial charge in [-0.25, -0.2) is 9.59 Å². The fourth-order valence-corrected chi connectivity index (χ4v) is 1.90. The molecule has 0 heterocycles. The van der Waals surface area contributed by atoms with Crippen LogP contribution in [0.5, 0.6) is 0 Å². The van der Waals surface area contributed by atoms with Crippen LogP contribution in [0.4, 0.5) is 10.5 Å². The van der Waals surface area contributed by atoms with Crippen LogP contribution in [0.3, 0.4) is 0 Å². The predicted octanol–water partition coefficient (Wildman–Crippen LogP) is 3.71. The van der Waals surface area contributed by atoms with Gasteiger partial charge in [0.05, 0.1) is 11.3 Å². The lowest BCUT2D eigenvalue weighted by molar-refractivity contribution is 0.0698. The second-order valence-corrected chi connectivity index (χ2v) is 6.15. The van der Waals surface area contributed by atoms with E-state index in [0.717, 1.165) is 6.42 Å². The first kappa shape index (κ1) is 16.5. The minimum absolute atomic E-state index is 0.000881. The summed E-state index contributed by atoms with van der Waals surface area (Å²) in [6.07, 6.45) is 0.933. The van der Waals surface area contributed by atoms with Gasteiger partial charge in [0.15, 0.2) is 0 Å². The van der Waals surface area contributed by atoms with E-state index < -0.39 is 12.0 Å². The van der Waals surface area contributed by atoms with Gasteiger partial charge in [-0.3, -0.25) is 0 Å². The van der Waals surface area contributed by atoms with Crippen molar-refractivity contribution < 1.29 is 14.7 Å². The summed E-state index contributed by atoms with van der Waals surface area (Å²) in [6.45, 7) is 6.67. The number of carbonyl (C=O) groups is 2. The Balaban J connectivity index is 2.79. The lowest BCUT2D eigenvalue weighted by Gasteiger charge is -2.23. The highest BCUT2D eigenvalue weighted by atomic mass is 79.9. The molecule has 0 fully saturated rings. The molecule has 0 aromatic heterocycles. The number of rotatable bonds is 5. The first-order valence-corrected chi connectivity index (χ1v) is 7.13. The predicted molar refractivity (Wildman–Crippen MR) is 82.2 cm³/mol. The van der Waals surface area contributed by atoms with Crippen LogP contribution in [0.25, 0.3) is 0 Å². The summed E-state index contributed by atoms with van der Waals surface area (Å²) < 4.78 is 0.530.